The molecule has 3 heteroatoms. The first-order valence-electron chi connectivity index (χ1n) is 5.83. The van der Waals surface area contributed by atoms with E-state index in [2.05, 4.69) is 16.9 Å². The second kappa shape index (κ2) is 4.20. The van der Waals surface area contributed by atoms with Crippen molar-refractivity contribution in [2.24, 2.45) is 10.7 Å². The largest absolute Gasteiger partial charge is 0.370 e. The summed E-state index contributed by atoms with van der Waals surface area (Å²) in [6.45, 7) is 0. The summed E-state index contributed by atoms with van der Waals surface area (Å²) >= 11 is 0. The van der Waals surface area contributed by atoms with Crippen LogP contribution in [0.4, 0.5) is 0 Å². The molecule has 0 spiro atoms. The molecule has 0 aromatic rings. The Bertz CT molecular complexity index is 215. The molecule has 2 aliphatic rings. The highest BCUT2D eigenvalue weighted by molar-refractivity contribution is 5.78. The number of hydrogen-bond acceptors (Lipinski definition) is 1. The lowest BCUT2D eigenvalue weighted by Crippen LogP contribution is -2.37. The molecule has 2 saturated carbocycles. The van der Waals surface area contributed by atoms with Crippen LogP contribution in [-0.4, -0.2) is 30.0 Å². The van der Waals surface area contributed by atoms with Crippen LogP contribution in [0, 0.1) is 0 Å². The van der Waals surface area contributed by atoms with Crippen molar-refractivity contribution in [3.8, 4) is 0 Å². The second-order valence-electron chi connectivity index (χ2n) is 4.62. The van der Waals surface area contributed by atoms with Crippen LogP contribution in [0.2, 0.25) is 0 Å². The summed E-state index contributed by atoms with van der Waals surface area (Å²) in [5, 5.41) is 0. The first kappa shape index (κ1) is 9.81. The predicted molar refractivity (Wildman–Crippen MR) is 59.3 cm³/mol. The molecule has 80 valence electrons. The molecule has 2 fully saturated rings. The van der Waals surface area contributed by atoms with Crippen molar-refractivity contribution >= 4 is 5.96 Å². The summed E-state index contributed by atoms with van der Waals surface area (Å²) in [4.78, 5) is 6.76. The first-order valence-corrected chi connectivity index (χ1v) is 5.83. The second-order valence-corrected chi connectivity index (χ2v) is 4.62. The molecule has 0 aromatic heterocycles. The van der Waals surface area contributed by atoms with Gasteiger partial charge < -0.3 is 10.6 Å². The average molecular weight is 195 g/mol. The molecule has 0 aliphatic heterocycles. The molecule has 2 aliphatic carbocycles. The molecule has 0 radical (unpaired) electrons. The normalized spacial score (nSPS) is 25.1. The van der Waals surface area contributed by atoms with E-state index in [1.807, 2.05) is 0 Å². The summed E-state index contributed by atoms with van der Waals surface area (Å²) in [6.07, 6.45) is 9.08. The van der Waals surface area contributed by atoms with E-state index in [4.69, 9.17) is 5.73 Å². The minimum Gasteiger partial charge on any atom is -0.370 e. The Hall–Kier alpha value is -0.730. The summed E-state index contributed by atoms with van der Waals surface area (Å²) in [6, 6.07) is 1.19. The molecule has 0 bridgehead atoms. The maximum absolute atomic E-state index is 5.96. The minimum atomic E-state index is 0.505. The minimum absolute atomic E-state index is 0.505. The van der Waals surface area contributed by atoms with Gasteiger partial charge >= 0.3 is 0 Å². The van der Waals surface area contributed by atoms with E-state index >= 15 is 0 Å². The van der Waals surface area contributed by atoms with Crippen LogP contribution >= 0.6 is 0 Å². The van der Waals surface area contributed by atoms with Crippen LogP contribution < -0.4 is 5.73 Å². The van der Waals surface area contributed by atoms with Crippen molar-refractivity contribution < 1.29 is 0 Å². The SMILES string of the molecule is CN(C(N)=NC1CCCCC1)C1CC1. The van der Waals surface area contributed by atoms with Crippen LogP contribution in [0.15, 0.2) is 4.99 Å². The molecule has 0 unspecified atom stereocenters. The van der Waals surface area contributed by atoms with E-state index in [1.54, 1.807) is 0 Å². The van der Waals surface area contributed by atoms with Gasteiger partial charge in [-0.3, -0.25) is 0 Å². The van der Waals surface area contributed by atoms with Crippen LogP contribution in [0.1, 0.15) is 44.9 Å². The summed E-state index contributed by atoms with van der Waals surface area (Å²) < 4.78 is 0. The van der Waals surface area contributed by atoms with Crippen molar-refractivity contribution in [2.45, 2.75) is 57.0 Å². The van der Waals surface area contributed by atoms with Gasteiger partial charge in [-0.15, -0.1) is 0 Å². The highest BCUT2D eigenvalue weighted by Gasteiger charge is 2.27. The summed E-state index contributed by atoms with van der Waals surface area (Å²) in [7, 11) is 2.07. The molecule has 0 aromatic carbocycles. The first-order chi connectivity index (χ1) is 6.77. The third-order valence-corrected chi connectivity index (χ3v) is 3.35. The van der Waals surface area contributed by atoms with Crippen LogP contribution in [0.25, 0.3) is 0 Å². The van der Waals surface area contributed by atoms with Gasteiger partial charge in [0.2, 0.25) is 0 Å². The highest BCUT2D eigenvalue weighted by atomic mass is 15.3. The Labute approximate surface area is 86.4 Å². The van der Waals surface area contributed by atoms with Crippen molar-refractivity contribution in [1.29, 1.82) is 0 Å². The third-order valence-electron chi connectivity index (χ3n) is 3.35. The molecular weight excluding hydrogens is 174 g/mol. The molecule has 3 nitrogen and oxygen atoms in total. The van der Waals surface area contributed by atoms with Gasteiger partial charge in [-0.2, -0.15) is 0 Å². The maximum atomic E-state index is 5.96. The lowest BCUT2D eigenvalue weighted by atomic mass is 9.96. The Morgan fingerprint density at radius 1 is 1.14 bits per heavy atom. The van der Waals surface area contributed by atoms with Crippen molar-refractivity contribution in [3.05, 3.63) is 0 Å². The molecular formula is C11H21N3. The lowest BCUT2D eigenvalue weighted by Gasteiger charge is -2.22. The standard InChI is InChI=1S/C11H21N3/c1-14(10-7-8-10)11(12)13-9-5-3-2-4-6-9/h9-10H,2-8H2,1H3,(H2,12,13). The molecule has 2 rings (SSSR count). The lowest BCUT2D eigenvalue weighted by molar-refractivity contribution is 0.427. The van der Waals surface area contributed by atoms with Crippen molar-refractivity contribution in [2.75, 3.05) is 7.05 Å². The van der Waals surface area contributed by atoms with Crippen molar-refractivity contribution in [3.63, 3.8) is 0 Å². The Kier molecular flexibility index (Phi) is 2.94. The fourth-order valence-electron chi connectivity index (χ4n) is 2.14. The number of guanidine groups is 1. The van der Waals surface area contributed by atoms with Gasteiger partial charge in [-0.05, 0) is 25.7 Å². The van der Waals surface area contributed by atoms with Gasteiger partial charge in [0.25, 0.3) is 0 Å². The van der Waals surface area contributed by atoms with E-state index in [9.17, 15) is 0 Å². The van der Waals surface area contributed by atoms with Gasteiger partial charge in [-0.1, -0.05) is 19.3 Å². The molecule has 0 heterocycles. The predicted octanol–water partition coefficient (Wildman–Crippen LogP) is 1.73. The van der Waals surface area contributed by atoms with Gasteiger partial charge in [0.1, 0.15) is 0 Å². The van der Waals surface area contributed by atoms with E-state index in [1.165, 1.54) is 44.9 Å². The Balaban J connectivity index is 1.87. The third kappa shape index (κ3) is 2.40. The Morgan fingerprint density at radius 2 is 1.79 bits per heavy atom. The van der Waals surface area contributed by atoms with E-state index in [-0.39, 0.29) is 0 Å². The fraction of sp³-hybridized carbons (Fsp3) is 0.909. The summed E-state index contributed by atoms with van der Waals surface area (Å²) in [5.41, 5.74) is 5.96. The molecule has 0 amide bonds. The number of nitrogens with two attached hydrogens (primary N) is 1. The monoisotopic (exact) mass is 195 g/mol. The van der Waals surface area contributed by atoms with Gasteiger partial charge in [-0.25, -0.2) is 4.99 Å². The fourth-order valence-corrected chi connectivity index (χ4v) is 2.14. The number of nitrogens with zero attached hydrogens (tertiary/aromatic N) is 2. The topological polar surface area (TPSA) is 41.6 Å². The molecule has 14 heavy (non-hydrogen) atoms. The van der Waals surface area contributed by atoms with E-state index in [0.717, 1.165) is 5.96 Å². The highest BCUT2D eigenvalue weighted by Crippen LogP contribution is 2.26. The molecule has 0 atom stereocenters. The quantitative estimate of drug-likeness (QED) is 0.538. The van der Waals surface area contributed by atoms with Crippen LogP contribution in [0.5, 0.6) is 0 Å². The van der Waals surface area contributed by atoms with Crippen LogP contribution in [0.3, 0.4) is 0 Å². The van der Waals surface area contributed by atoms with E-state index in [0.29, 0.717) is 12.1 Å². The van der Waals surface area contributed by atoms with Gasteiger partial charge in [0, 0.05) is 13.1 Å². The average Bonchev–Trinajstić information content (AvgIpc) is 3.01. The molecule has 0 saturated heterocycles. The number of hydrogen-bond donors (Lipinski definition) is 1. The van der Waals surface area contributed by atoms with Gasteiger partial charge in [0.15, 0.2) is 5.96 Å². The molecule has 2 N–H and O–H groups in total. The van der Waals surface area contributed by atoms with Gasteiger partial charge in [0.05, 0.1) is 6.04 Å². The smallest absolute Gasteiger partial charge is 0.191 e. The van der Waals surface area contributed by atoms with Crippen molar-refractivity contribution in [1.82, 2.24) is 4.90 Å². The zero-order valence-electron chi connectivity index (χ0n) is 9.08. The zero-order valence-corrected chi connectivity index (χ0v) is 9.08. The number of rotatable bonds is 2. The summed E-state index contributed by atoms with van der Waals surface area (Å²) in [5.74, 6) is 0.763. The Morgan fingerprint density at radius 3 is 2.36 bits per heavy atom. The van der Waals surface area contributed by atoms with E-state index < -0.39 is 0 Å². The maximum Gasteiger partial charge on any atom is 0.191 e. The zero-order chi connectivity index (χ0) is 9.97. The van der Waals surface area contributed by atoms with Crippen LogP contribution in [-0.2, 0) is 0 Å². The number of aliphatic imine (C=N–C) groups is 1.